The van der Waals surface area contributed by atoms with Crippen LogP contribution in [0.5, 0.6) is 0 Å². The summed E-state index contributed by atoms with van der Waals surface area (Å²) in [5.41, 5.74) is -2.21. The lowest BCUT2D eigenvalue weighted by Gasteiger charge is -2.49. The standard InChI is InChI=1S/C27H50O4/c1-4-5-6-7-8-9-10-11-12-13-14-15-16-19-26(24(28)29)20-17-18-21-27(26,25(30)31)22-23(2)3/h23H,4-22H2,1-3H3,(H,28,29)(H,30,31). The first-order chi connectivity index (χ1) is 14.8. The van der Waals surface area contributed by atoms with Gasteiger partial charge < -0.3 is 10.2 Å². The third-order valence-electron chi connectivity index (χ3n) is 7.66. The average Bonchev–Trinajstić information content (AvgIpc) is 2.71. The van der Waals surface area contributed by atoms with E-state index in [0.717, 1.165) is 32.1 Å². The lowest BCUT2D eigenvalue weighted by atomic mass is 9.51. The summed E-state index contributed by atoms with van der Waals surface area (Å²) in [6.45, 7) is 6.28. The predicted octanol–water partition coefficient (Wildman–Crippen LogP) is 8.23. The highest BCUT2D eigenvalue weighted by molar-refractivity contribution is 5.87. The number of rotatable bonds is 18. The van der Waals surface area contributed by atoms with Gasteiger partial charge in [-0.3, -0.25) is 9.59 Å². The highest BCUT2D eigenvalue weighted by Gasteiger charge is 2.61. The largest absolute Gasteiger partial charge is 0.481 e. The molecule has 1 saturated carbocycles. The van der Waals surface area contributed by atoms with Gasteiger partial charge in [0.05, 0.1) is 10.8 Å². The first-order valence-electron chi connectivity index (χ1n) is 13.3. The van der Waals surface area contributed by atoms with Crippen LogP contribution in [0.4, 0.5) is 0 Å². The van der Waals surface area contributed by atoms with Crippen LogP contribution in [-0.4, -0.2) is 22.2 Å². The van der Waals surface area contributed by atoms with E-state index < -0.39 is 22.8 Å². The van der Waals surface area contributed by atoms with Crippen LogP contribution in [0, 0.1) is 16.7 Å². The van der Waals surface area contributed by atoms with Gasteiger partial charge in [0, 0.05) is 0 Å². The fraction of sp³-hybridized carbons (Fsp3) is 0.926. The van der Waals surface area contributed by atoms with E-state index in [2.05, 4.69) is 6.92 Å². The summed E-state index contributed by atoms with van der Waals surface area (Å²) in [7, 11) is 0. The molecule has 0 radical (unpaired) electrons. The molecule has 0 bridgehead atoms. The van der Waals surface area contributed by atoms with Crippen LogP contribution in [0.15, 0.2) is 0 Å². The minimum absolute atomic E-state index is 0.180. The maximum absolute atomic E-state index is 12.5. The third-order valence-corrected chi connectivity index (χ3v) is 7.66. The molecule has 0 saturated heterocycles. The van der Waals surface area contributed by atoms with Gasteiger partial charge in [0.25, 0.3) is 0 Å². The molecule has 1 aliphatic rings. The van der Waals surface area contributed by atoms with Gasteiger partial charge in [-0.15, -0.1) is 0 Å². The summed E-state index contributed by atoms with van der Waals surface area (Å²) in [5.74, 6) is -1.59. The molecule has 0 aromatic rings. The summed E-state index contributed by atoms with van der Waals surface area (Å²) < 4.78 is 0. The van der Waals surface area contributed by atoms with Crippen molar-refractivity contribution in [2.75, 3.05) is 0 Å². The van der Waals surface area contributed by atoms with Gasteiger partial charge in [-0.2, -0.15) is 0 Å². The van der Waals surface area contributed by atoms with Crippen LogP contribution in [0.1, 0.15) is 143 Å². The molecule has 0 aromatic carbocycles. The Morgan fingerprint density at radius 2 is 1.06 bits per heavy atom. The maximum atomic E-state index is 12.5. The van der Waals surface area contributed by atoms with Gasteiger partial charge in [-0.05, 0) is 31.6 Å². The first kappa shape index (κ1) is 28.0. The van der Waals surface area contributed by atoms with E-state index in [9.17, 15) is 19.8 Å². The van der Waals surface area contributed by atoms with E-state index in [1.54, 1.807) is 0 Å². The number of carbonyl (C=O) groups is 2. The van der Waals surface area contributed by atoms with E-state index in [4.69, 9.17) is 0 Å². The molecule has 2 unspecified atom stereocenters. The zero-order valence-electron chi connectivity index (χ0n) is 20.7. The number of unbranched alkanes of at least 4 members (excludes halogenated alkanes) is 12. The van der Waals surface area contributed by atoms with Crippen molar-refractivity contribution < 1.29 is 19.8 Å². The zero-order chi connectivity index (χ0) is 23.2. The quantitative estimate of drug-likeness (QED) is 0.211. The van der Waals surface area contributed by atoms with Crippen LogP contribution in [0.25, 0.3) is 0 Å². The van der Waals surface area contributed by atoms with Crippen molar-refractivity contribution in [3.05, 3.63) is 0 Å². The Labute approximate surface area is 191 Å². The van der Waals surface area contributed by atoms with Crippen molar-refractivity contribution in [3.63, 3.8) is 0 Å². The Morgan fingerprint density at radius 3 is 1.45 bits per heavy atom. The lowest BCUT2D eigenvalue weighted by Crippen LogP contribution is -2.55. The number of hydrogen-bond acceptors (Lipinski definition) is 2. The normalized spacial score (nSPS) is 23.9. The highest BCUT2D eigenvalue weighted by atomic mass is 16.4. The summed E-state index contributed by atoms with van der Waals surface area (Å²) in [6.07, 6.45) is 19.9. The van der Waals surface area contributed by atoms with Crippen molar-refractivity contribution in [3.8, 4) is 0 Å². The lowest BCUT2D eigenvalue weighted by molar-refractivity contribution is -0.183. The monoisotopic (exact) mass is 438 g/mol. The molecule has 31 heavy (non-hydrogen) atoms. The topological polar surface area (TPSA) is 74.6 Å². The third kappa shape index (κ3) is 8.42. The Kier molecular flexibility index (Phi) is 13.4. The molecule has 1 aliphatic carbocycles. The van der Waals surface area contributed by atoms with E-state index in [1.165, 1.54) is 64.2 Å². The SMILES string of the molecule is CCCCCCCCCCCCCCCC1(C(=O)O)CCCCC1(CC(C)C)C(=O)O. The number of carboxylic acid groups (broad SMARTS) is 2. The molecule has 1 fully saturated rings. The Hall–Kier alpha value is -1.06. The van der Waals surface area contributed by atoms with Gasteiger partial charge in [0.15, 0.2) is 0 Å². The van der Waals surface area contributed by atoms with Gasteiger partial charge in [-0.25, -0.2) is 0 Å². The number of hydrogen-bond donors (Lipinski definition) is 2. The maximum Gasteiger partial charge on any atom is 0.310 e. The second-order valence-electron chi connectivity index (χ2n) is 10.6. The molecule has 0 aliphatic heterocycles. The molecule has 0 heterocycles. The van der Waals surface area contributed by atoms with Gasteiger partial charge in [-0.1, -0.05) is 117 Å². The van der Waals surface area contributed by atoms with Gasteiger partial charge in [0.1, 0.15) is 0 Å². The minimum Gasteiger partial charge on any atom is -0.481 e. The van der Waals surface area contributed by atoms with Crippen molar-refractivity contribution >= 4 is 11.9 Å². The van der Waals surface area contributed by atoms with Crippen LogP contribution < -0.4 is 0 Å². The predicted molar refractivity (Wildman–Crippen MR) is 128 cm³/mol. The molecule has 0 amide bonds. The Bertz CT molecular complexity index is 515. The molecule has 0 aromatic heterocycles. The summed E-state index contributed by atoms with van der Waals surface area (Å²) in [5, 5.41) is 20.4. The molecule has 2 atom stereocenters. The van der Waals surface area contributed by atoms with E-state index in [1.807, 2.05) is 13.8 Å². The zero-order valence-corrected chi connectivity index (χ0v) is 20.7. The van der Waals surface area contributed by atoms with Crippen LogP contribution in [-0.2, 0) is 9.59 Å². The van der Waals surface area contributed by atoms with Crippen molar-refractivity contribution in [2.45, 2.75) is 143 Å². The molecule has 4 nitrogen and oxygen atoms in total. The van der Waals surface area contributed by atoms with Gasteiger partial charge in [0.2, 0.25) is 0 Å². The highest BCUT2D eigenvalue weighted by Crippen LogP contribution is 2.57. The molecule has 1 rings (SSSR count). The second-order valence-corrected chi connectivity index (χ2v) is 10.6. The number of aliphatic carboxylic acids is 2. The van der Waals surface area contributed by atoms with Crippen molar-refractivity contribution in [1.82, 2.24) is 0 Å². The van der Waals surface area contributed by atoms with E-state index in [-0.39, 0.29) is 5.92 Å². The number of carboxylic acids is 2. The molecular weight excluding hydrogens is 388 g/mol. The minimum atomic E-state index is -1.11. The van der Waals surface area contributed by atoms with Crippen LogP contribution >= 0.6 is 0 Å². The van der Waals surface area contributed by atoms with E-state index >= 15 is 0 Å². The molecule has 0 spiro atoms. The van der Waals surface area contributed by atoms with Crippen molar-refractivity contribution in [1.29, 1.82) is 0 Å². The fourth-order valence-electron chi connectivity index (χ4n) is 5.95. The molecular formula is C27H50O4. The molecule has 2 N–H and O–H groups in total. The average molecular weight is 439 g/mol. The summed E-state index contributed by atoms with van der Waals surface area (Å²) in [4.78, 5) is 24.9. The Balaban J connectivity index is 2.41. The molecule has 4 heteroatoms. The summed E-state index contributed by atoms with van der Waals surface area (Å²) in [6, 6.07) is 0. The summed E-state index contributed by atoms with van der Waals surface area (Å²) >= 11 is 0. The van der Waals surface area contributed by atoms with Crippen LogP contribution in [0.2, 0.25) is 0 Å². The van der Waals surface area contributed by atoms with Crippen molar-refractivity contribution in [2.24, 2.45) is 16.7 Å². The first-order valence-corrected chi connectivity index (χ1v) is 13.3. The van der Waals surface area contributed by atoms with Gasteiger partial charge >= 0.3 is 11.9 Å². The Morgan fingerprint density at radius 1 is 0.677 bits per heavy atom. The van der Waals surface area contributed by atoms with Crippen LogP contribution in [0.3, 0.4) is 0 Å². The molecule has 182 valence electrons. The van der Waals surface area contributed by atoms with E-state index in [0.29, 0.717) is 25.7 Å². The smallest absolute Gasteiger partial charge is 0.310 e. The second kappa shape index (κ2) is 14.9. The fourth-order valence-corrected chi connectivity index (χ4v) is 5.95.